The van der Waals surface area contributed by atoms with Gasteiger partial charge in [0.2, 0.25) is 35.4 Å². The molecule has 0 radical (unpaired) electrons. The summed E-state index contributed by atoms with van der Waals surface area (Å²) in [7, 11) is 0. The number of carboxylic acids is 2. The fourth-order valence-corrected chi connectivity index (χ4v) is 6.07. The summed E-state index contributed by atoms with van der Waals surface area (Å²) < 4.78 is 0. The topological polar surface area (TPSA) is 301 Å². The summed E-state index contributed by atoms with van der Waals surface area (Å²) in [5, 5.41) is 38.5. The number of rotatable bonds is 20. The molecule has 6 amide bonds. The molecule has 55 heavy (non-hydrogen) atoms. The van der Waals surface area contributed by atoms with Crippen LogP contribution in [0.1, 0.15) is 57.1 Å². The number of nitrogens with one attached hydrogen (secondary N) is 4. The first-order chi connectivity index (χ1) is 26.0. The number of phenolic OH excluding ortho intramolecular Hbond substituents is 1. The van der Waals surface area contributed by atoms with Crippen molar-refractivity contribution in [2.45, 2.75) is 95.0 Å². The molecule has 1 aliphatic rings. The monoisotopic (exact) mass is 767 g/mol. The zero-order chi connectivity index (χ0) is 40.8. The van der Waals surface area contributed by atoms with Gasteiger partial charge in [-0.3, -0.25) is 33.6 Å². The van der Waals surface area contributed by atoms with Crippen LogP contribution in [0.15, 0.2) is 54.6 Å². The van der Waals surface area contributed by atoms with Gasteiger partial charge in [0.05, 0.1) is 12.5 Å². The lowest BCUT2D eigenvalue weighted by Gasteiger charge is -2.31. The van der Waals surface area contributed by atoms with E-state index in [2.05, 4.69) is 21.3 Å². The van der Waals surface area contributed by atoms with Gasteiger partial charge in [-0.15, -0.1) is 0 Å². The molecule has 1 aliphatic heterocycles. The van der Waals surface area contributed by atoms with Gasteiger partial charge in [-0.05, 0) is 54.9 Å². The Morgan fingerprint density at radius 1 is 0.782 bits per heavy atom. The van der Waals surface area contributed by atoms with Crippen LogP contribution in [-0.2, 0) is 51.2 Å². The van der Waals surface area contributed by atoms with E-state index in [0.717, 1.165) is 10.5 Å². The zero-order valence-electron chi connectivity index (χ0n) is 30.6. The standard InChI is InChI=1S/C37H49N7O11/c1-20(2)31(35(52)42-27(37(54)55)18-22-10-12-23(45)13-11-22)43-34(51)28-9-6-16-44(28)36(53)26(19-29(39)46)41-33(50)25(14-15-30(47)48)40-32(49)24(38)17-21-7-4-3-5-8-21/h3-5,7-8,10-13,20,24-28,31,45H,6,9,14-19,38H2,1-2H3,(H2,39,46)(H,40,49)(H,41,50)(H,42,52)(H,43,51)(H,47,48)(H,54,55)/t24-,25-,26-,27-,28-,31-/m0/s1. The number of aliphatic carboxylic acids is 2. The van der Waals surface area contributed by atoms with Gasteiger partial charge in [0.1, 0.15) is 36.0 Å². The number of carboxylic acid groups (broad SMARTS) is 2. The summed E-state index contributed by atoms with van der Waals surface area (Å²) in [6.45, 7) is 3.29. The molecule has 0 aliphatic carbocycles. The first-order valence-electron chi connectivity index (χ1n) is 17.8. The summed E-state index contributed by atoms with van der Waals surface area (Å²) >= 11 is 0. The third kappa shape index (κ3) is 13.4. The van der Waals surface area contributed by atoms with Gasteiger partial charge in [0.15, 0.2) is 0 Å². The van der Waals surface area contributed by atoms with Crippen LogP contribution in [0.5, 0.6) is 5.75 Å². The smallest absolute Gasteiger partial charge is 0.326 e. The van der Waals surface area contributed by atoms with E-state index in [4.69, 9.17) is 11.5 Å². The number of benzene rings is 2. The molecule has 0 unspecified atom stereocenters. The number of aromatic hydroxyl groups is 1. The molecule has 0 bridgehead atoms. The molecule has 0 aromatic heterocycles. The van der Waals surface area contributed by atoms with Crippen molar-refractivity contribution in [2.24, 2.45) is 17.4 Å². The maximum absolute atomic E-state index is 13.9. The molecule has 2 aromatic carbocycles. The molecule has 1 fully saturated rings. The Hall–Kier alpha value is -6.04. The highest BCUT2D eigenvalue weighted by Gasteiger charge is 2.40. The number of phenols is 1. The minimum atomic E-state index is -1.61. The Morgan fingerprint density at radius 2 is 1.38 bits per heavy atom. The molecule has 6 atom stereocenters. The molecule has 0 spiro atoms. The van der Waals surface area contributed by atoms with Crippen molar-refractivity contribution in [2.75, 3.05) is 6.54 Å². The number of nitrogens with two attached hydrogens (primary N) is 2. The minimum Gasteiger partial charge on any atom is -0.508 e. The summed E-state index contributed by atoms with van der Waals surface area (Å²) in [6, 6.07) is 6.62. The van der Waals surface area contributed by atoms with Gasteiger partial charge in [0.25, 0.3) is 0 Å². The Balaban J connectivity index is 1.74. The van der Waals surface area contributed by atoms with Crippen molar-refractivity contribution in [1.82, 2.24) is 26.2 Å². The second-order valence-corrected chi connectivity index (χ2v) is 13.7. The molecule has 2 aromatic rings. The number of amides is 6. The molecule has 1 saturated heterocycles. The van der Waals surface area contributed by atoms with Crippen LogP contribution in [-0.4, -0.2) is 110 Å². The van der Waals surface area contributed by atoms with Crippen molar-refractivity contribution >= 4 is 47.4 Å². The number of hydrogen-bond acceptors (Lipinski definition) is 10. The maximum atomic E-state index is 13.9. The van der Waals surface area contributed by atoms with Crippen LogP contribution in [0.4, 0.5) is 0 Å². The van der Waals surface area contributed by atoms with E-state index in [1.165, 1.54) is 24.3 Å². The van der Waals surface area contributed by atoms with Crippen LogP contribution in [0.3, 0.4) is 0 Å². The van der Waals surface area contributed by atoms with Crippen LogP contribution < -0.4 is 32.7 Å². The first-order valence-corrected chi connectivity index (χ1v) is 17.8. The Kier molecular flexibility index (Phi) is 16.1. The van der Waals surface area contributed by atoms with Crippen molar-refractivity contribution in [3.8, 4) is 5.75 Å². The highest BCUT2D eigenvalue weighted by Crippen LogP contribution is 2.21. The van der Waals surface area contributed by atoms with Gasteiger partial charge in [0, 0.05) is 19.4 Å². The largest absolute Gasteiger partial charge is 0.508 e. The lowest BCUT2D eigenvalue weighted by atomic mass is 10.0. The lowest BCUT2D eigenvalue weighted by molar-refractivity contribution is -0.144. The molecule has 0 saturated carbocycles. The van der Waals surface area contributed by atoms with E-state index in [0.29, 0.717) is 12.0 Å². The average molecular weight is 768 g/mol. The fraction of sp³-hybridized carbons (Fsp3) is 0.459. The number of primary amides is 1. The summed E-state index contributed by atoms with van der Waals surface area (Å²) in [5.74, 6) is -8.26. The van der Waals surface area contributed by atoms with E-state index < -0.39 is 102 Å². The highest BCUT2D eigenvalue weighted by atomic mass is 16.4. The molecule has 18 nitrogen and oxygen atoms in total. The molecule has 298 valence electrons. The van der Waals surface area contributed by atoms with Gasteiger partial charge < -0.3 is 53.0 Å². The molecular formula is C37H49N7O11. The quantitative estimate of drug-likeness (QED) is 0.0777. The zero-order valence-corrected chi connectivity index (χ0v) is 30.6. The Bertz CT molecular complexity index is 1700. The second-order valence-electron chi connectivity index (χ2n) is 13.7. The van der Waals surface area contributed by atoms with E-state index in [1.54, 1.807) is 44.2 Å². The summed E-state index contributed by atoms with van der Waals surface area (Å²) in [4.78, 5) is 104. The van der Waals surface area contributed by atoms with E-state index >= 15 is 0 Å². The van der Waals surface area contributed by atoms with Gasteiger partial charge in [-0.2, -0.15) is 0 Å². The SMILES string of the molecule is CC(C)[C@H](NC(=O)[C@@H]1CCCN1C(=O)[C@H](CC(N)=O)NC(=O)[C@H](CCC(=O)O)NC(=O)[C@@H](N)Cc1ccccc1)C(=O)N[C@@H](Cc1ccc(O)cc1)C(=O)O. The van der Waals surface area contributed by atoms with Gasteiger partial charge in [-0.25, -0.2) is 4.79 Å². The predicted molar refractivity (Wildman–Crippen MR) is 196 cm³/mol. The highest BCUT2D eigenvalue weighted by molar-refractivity contribution is 5.98. The van der Waals surface area contributed by atoms with E-state index in [9.17, 15) is 53.7 Å². The molecule has 11 N–H and O–H groups in total. The van der Waals surface area contributed by atoms with Crippen molar-refractivity contribution in [3.63, 3.8) is 0 Å². The molecule has 1 heterocycles. The number of likely N-dealkylation sites (tertiary alicyclic amines) is 1. The maximum Gasteiger partial charge on any atom is 0.326 e. The van der Waals surface area contributed by atoms with Crippen molar-refractivity contribution < 1.29 is 53.7 Å². The number of carbonyl (C=O) groups excluding carboxylic acids is 6. The van der Waals surface area contributed by atoms with Crippen molar-refractivity contribution in [3.05, 3.63) is 65.7 Å². The Morgan fingerprint density at radius 3 is 1.96 bits per heavy atom. The third-order valence-electron chi connectivity index (χ3n) is 9.01. The summed E-state index contributed by atoms with van der Waals surface area (Å²) in [6.07, 6.45) is -1.13. The van der Waals surface area contributed by atoms with Crippen molar-refractivity contribution in [1.29, 1.82) is 0 Å². The Labute approximate surface area is 317 Å². The van der Waals surface area contributed by atoms with Crippen LogP contribution in [0.25, 0.3) is 0 Å². The van der Waals surface area contributed by atoms with Crippen LogP contribution in [0, 0.1) is 5.92 Å². The predicted octanol–water partition coefficient (Wildman–Crippen LogP) is -1.08. The summed E-state index contributed by atoms with van der Waals surface area (Å²) in [5.41, 5.74) is 12.7. The van der Waals surface area contributed by atoms with Crippen LogP contribution in [0.2, 0.25) is 0 Å². The van der Waals surface area contributed by atoms with Gasteiger partial charge in [-0.1, -0.05) is 56.3 Å². The lowest BCUT2D eigenvalue weighted by Crippen LogP contribution is -2.60. The first kappa shape index (κ1) is 43.4. The molecular weight excluding hydrogens is 718 g/mol. The molecule has 3 rings (SSSR count). The number of nitrogens with zero attached hydrogens (tertiary/aromatic N) is 1. The fourth-order valence-electron chi connectivity index (χ4n) is 6.07. The number of carbonyl (C=O) groups is 8. The van der Waals surface area contributed by atoms with E-state index in [1.807, 2.05) is 0 Å². The second kappa shape index (κ2) is 20.4. The minimum absolute atomic E-state index is 0.0196. The van der Waals surface area contributed by atoms with Crippen LogP contribution >= 0.6 is 0 Å². The number of hydrogen-bond donors (Lipinski definition) is 9. The normalized spacial score (nSPS) is 16.5. The average Bonchev–Trinajstić information content (AvgIpc) is 3.62. The van der Waals surface area contributed by atoms with Gasteiger partial charge >= 0.3 is 11.9 Å². The molecule has 18 heteroatoms. The third-order valence-corrected chi connectivity index (χ3v) is 9.01. The van der Waals surface area contributed by atoms with E-state index in [-0.39, 0.29) is 38.0 Å².